The first-order chi connectivity index (χ1) is 13.3. The summed E-state index contributed by atoms with van der Waals surface area (Å²) in [7, 11) is 1.31. The summed E-state index contributed by atoms with van der Waals surface area (Å²) in [6.45, 7) is 1.36. The second-order valence-electron chi connectivity index (χ2n) is 6.28. The van der Waals surface area contributed by atoms with Crippen LogP contribution in [-0.2, 0) is 29.4 Å². The Morgan fingerprint density at radius 2 is 2.04 bits per heavy atom. The number of ether oxygens (including phenoxy) is 1. The Kier molecular flexibility index (Phi) is 5.16. The smallest absolute Gasteiger partial charge is 0.329 e. The Morgan fingerprint density at radius 3 is 2.75 bits per heavy atom. The molecule has 0 spiro atoms. The fraction of sp³-hybridized carbons (Fsp3) is 0.263. The van der Waals surface area contributed by atoms with E-state index in [9.17, 15) is 19.2 Å². The molecule has 9 nitrogen and oxygen atoms in total. The number of Topliss-reactive ketones (excluding diaryl/α,β-unsaturated/α-hetero) is 1. The minimum atomic E-state index is -0.922. The lowest BCUT2D eigenvalue weighted by Crippen LogP contribution is -2.35. The number of ketones is 1. The van der Waals surface area contributed by atoms with Crippen LogP contribution in [0.2, 0.25) is 0 Å². The van der Waals surface area contributed by atoms with E-state index in [2.05, 4.69) is 0 Å². The Hall–Kier alpha value is -3.62. The summed E-state index contributed by atoms with van der Waals surface area (Å²) >= 11 is 0. The maximum Gasteiger partial charge on any atom is 0.329 e. The zero-order valence-corrected chi connectivity index (χ0v) is 15.4. The molecular formula is C19H19N3O6. The first kappa shape index (κ1) is 19.2. The second kappa shape index (κ2) is 7.55. The molecular weight excluding hydrogens is 366 g/mol. The zero-order valence-electron chi connectivity index (χ0n) is 15.4. The van der Waals surface area contributed by atoms with Crippen molar-refractivity contribution in [3.05, 3.63) is 62.0 Å². The molecule has 146 valence electrons. The van der Waals surface area contributed by atoms with Gasteiger partial charge in [0.05, 0.1) is 12.7 Å². The van der Waals surface area contributed by atoms with Crippen molar-refractivity contribution >= 4 is 28.5 Å². The van der Waals surface area contributed by atoms with Gasteiger partial charge in [0.2, 0.25) is 5.78 Å². The number of carbonyl (C=O) groups is 2. The molecule has 1 aromatic carbocycles. The molecule has 0 saturated carbocycles. The molecule has 0 atom stereocenters. The molecule has 9 heteroatoms. The number of anilines is 1. The first-order valence-electron chi connectivity index (χ1n) is 8.58. The van der Waals surface area contributed by atoms with Crippen LogP contribution in [0.3, 0.4) is 0 Å². The monoisotopic (exact) mass is 385 g/mol. The van der Waals surface area contributed by atoms with Gasteiger partial charge in [-0.25, -0.2) is 4.79 Å². The van der Waals surface area contributed by atoms with Crippen molar-refractivity contribution in [2.45, 2.75) is 19.8 Å². The van der Waals surface area contributed by atoms with Crippen molar-refractivity contribution in [1.82, 2.24) is 9.55 Å². The number of aromatic nitrogens is 2. The number of hydrogen-bond donors (Lipinski definition) is 2. The van der Waals surface area contributed by atoms with E-state index in [0.29, 0.717) is 11.1 Å². The standard InChI is InChI=1S/C19H19N3O6/c1-3-10-4-5-12-11(8-27-14(12)6-10)7-15(24)28-9-13(23)16-17(20)22(2)19(26)21-18(16)25/h4-6,8H,3,7,9,20H2,1-2H3,(H,21,25,26). The lowest BCUT2D eigenvalue weighted by molar-refractivity contribution is -0.141. The number of aromatic amines is 1. The molecule has 0 amide bonds. The third-order valence-corrected chi connectivity index (χ3v) is 4.48. The van der Waals surface area contributed by atoms with Crippen LogP contribution >= 0.6 is 0 Å². The summed E-state index contributed by atoms with van der Waals surface area (Å²) in [4.78, 5) is 49.6. The van der Waals surface area contributed by atoms with Crippen LogP contribution in [0.15, 0.2) is 38.5 Å². The first-order valence-corrected chi connectivity index (χ1v) is 8.58. The predicted molar refractivity (Wildman–Crippen MR) is 101 cm³/mol. The van der Waals surface area contributed by atoms with Gasteiger partial charge in [0.15, 0.2) is 6.61 Å². The topological polar surface area (TPSA) is 137 Å². The maximum atomic E-state index is 12.2. The van der Waals surface area contributed by atoms with E-state index in [4.69, 9.17) is 14.9 Å². The van der Waals surface area contributed by atoms with Gasteiger partial charge in [0.25, 0.3) is 5.56 Å². The number of fused-ring (bicyclic) bond motifs is 1. The maximum absolute atomic E-state index is 12.2. The number of benzene rings is 1. The minimum absolute atomic E-state index is 0.0924. The van der Waals surface area contributed by atoms with Crippen molar-refractivity contribution in [3.63, 3.8) is 0 Å². The number of rotatable bonds is 6. The molecule has 2 heterocycles. The van der Waals surface area contributed by atoms with Crippen molar-refractivity contribution in [2.24, 2.45) is 7.05 Å². The highest BCUT2D eigenvalue weighted by Crippen LogP contribution is 2.23. The van der Waals surface area contributed by atoms with Crippen molar-refractivity contribution in [1.29, 1.82) is 0 Å². The average molecular weight is 385 g/mol. The number of nitrogens with zero attached hydrogens (tertiary/aromatic N) is 1. The van der Waals surface area contributed by atoms with E-state index in [1.54, 1.807) is 0 Å². The molecule has 0 fully saturated rings. The molecule has 0 aliphatic carbocycles. The molecule has 3 N–H and O–H groups in total. The fourth-order valence-corrected chi connectivity index (χ4v) is 2.82. The molecule has 3 rings (SSSR count). The highest BCUT2D eigenvalue weighted by molar-refractivity contribution is 6.01. The number of nitrogen functional groups attached to an aromatic ring is 1. The van der Waals surface area contributed by atoms with E-state index in [-0.39, 0.29) is 12.2 Å². The van der Waals surface area contributed by atoms with Gasteiger partial charge in [-0.3, -0.25) is 23.9 Å². The fourth-order valence-electron chi connectivity index (χ4n) is 2.82. The van der Waals surface area contributed by atoms with E-state index in [1.807, 2.05) is 30.1 Å². The third-order valence-electron chi connectivity index (χ3n) is 4.48. The SMILES string of the molecule is CCc1ccc2c(CC(=O)OCC(=O)c3c(N)n(C)c(=O)[nH]c3=O)coc2c1. The molecule has 0 aliphatic rings. The Labute approximate surface area is 158 Å². The van der Waals surface area contributed by atoms with Crippen LogP contribution in [0.4, 0.5) is 5.82 Å². The van der Waals surface area contributed by atoms with E-state index in [0.717, 1.165) is 21.9 Å². The summed E-state index contributed by atoms with van der Waals surface area (Å²) in [6.07, 6.45) is 2.25. The number of nitrogens with one attached hydrogen (secondary N) is 1. The molecule has 0 saturated heterocycles. The molecule has 0 aliphatic heterocycles. The molecule has 3 aromatic rings. The number of H-pyrrole nitrogens is 1. The van der Waals surface area contributed by atoms with Crippen LogP contribution in [0.1, 0.15) is 28.4 Å². The molecule has 2 aromatic heterocycles. The Bertz CT molecular complexity index is 1180. The highest BCUT2D eigenvalue weighted by Gasteiger charge is 2.20. The minimum Gasteiger partial charge on any atom is -0.464 e. The predicted octanol–water partition coefficient (Wildman–Crippen LogP) is 0.933. The summed E-state index contributed by atoms with van der Waals surface area (Å²) in [5, 5.41) is 0.791. The second-order valence-corrected chi connectivity index (χ2v) is 6.28. The van der Waals surface area contributed by atoms with Gasteiger partial charge >= 0.3 is 11.7 Å². The van der Waals surface area contributed by atoms with Crippen LogP contribution in [-0.4, -0.2) is 27.9 Å². The van der Waals surface area contributed by atoms with Crippen LogP contribution in [0, 0.1) is 0 Å². The molecule has 0 bridgehead atoms. The van der Waals surface area contributed by atoms with E-state index < -0.39 is 35.2 Å². The van der Waals surface area contributed by atoms with Gasteiger partial charge in [-0.05, 0) is 18.1 Å². The summed E-state index contributed by atoms with van der Waals surface area (Å²) in [5.41, 5.74) is 5.99. The number of esters is 1. The quantitative estimate of drug-likeness (QED) is 0.475. The number of aryl methyl sites for hydroxylation is 1. The van der Waals surface area contributed by atoms with E-state index in [1.165, 1.54) is 13.3 Å². The Balaban J connectivity index is 1.70. The van der Waals surface area contributed by atoms with Gasteiger partial charge in [-0.2, -0.15) is 0 Å². The van der Waals surface area contributed by atoms with Crippen molar-refractivity contribution in [2.75, 3.05) is 12.3 Å². The largest absolute Gasteiger partial charge is 0.464 e. The van der Waals surface area contributed by atoms with Crippen LogP contribution in [0.5, 0.6) is 0 Å². The van der Waals surface area contributed by atoms with E-state index >= 15 is 0 Å². The molecule has 28 heavy (non-hydrogen) atoms. The van der Waals surface area contributed by atoms with Crippen LogP contribution in [0.25, 0.3) is 11.0 Å². The number of furan rings is 1. The third kappa shape index (κ3) is 3.59. The highest BCUT2D eigenvalue weighted by atomic mass is 16.5. The zero-order chi connectivity index (χ0) is 20.4. The van der Waals surface area contributed by atoms with Gasteiger partial charge in [0, 0.05) is 18.0 Å². The number of nitrogens with two attached hydrogens (primary N) is 1. The summed E-state index contributed by atoms with van der Waals surface area (Å²) < 4.78 is 11.4. The summed E-state index contributed by atoms with van der Waals surface area (Å²) in [6, 6.07) is 5.73. The van der Waals surface area contributed by atoms with Crippen LogP contribution < -0.4 is 17.0 Å². The van der Waals surface area contributed by atoms with Gasteiger partial charge in [0.1, 0.15) is 17.0 Å². The van der Waals surface area contributed by atoms with Gasteiger partial charge < -0.3 is 14.9 Å². The number of hydrogen-bond acceptors (Lipinski definition) is 7. The lowest BCUT2D eigenvalue weighted by Gasteiger charge is -2.08. The number of carbonyl (C=O) groups excluding carboxylic acids is 2. The normalized spacial score (nSPS) is 10.9. The van der Waals surface area contributed by atoms with Gasteiger partial charge in [-0.1, -0.05) is 19.1 Å². The molecule has 0 radical (unpaired) electrons. The molecule has 0 unspecified atom stereocenters. The van der Waals surface area contributed by atoms with Crippen molar-refractivity contribution in [3.8, 4) is 0 Å². The van der Waals surface area contributed by atoms with Crippen molar-refractivity contribution < 1.29 is 18.7 Å². The van der Waals surface area contributed by atoms with Gasteiger partial charge in [-0.15, -0.1) is 0 Å². The Morgan fingerprint density at radius 1 is 1.29 bits per heavy atom. The lowest BCUT2D eigenvalue weighted by atomic mass is 10.1. The summed E-state index contributed by atoms with van der Waals surface area (Å²) in [5.74, 6) is -1.75. The average Bonchev–Trinajstić information content (AvgIpc) is 3.06.